The van der Waals surface area contributed by atoms with E-state index in [-0.39, 0.29) is 17.0 Å². The van der Waals surface area contributed by atoms with Crippen molar-refractivity contribution in [2.24, 2.45) is 0 Å². The van der Waals surface area contributed by atoms with Crippen LogP contribution in [0.3, 0.4) is 0 Å². The number of carbonyl (C=O) groups is 1. The molecule has 3 rings (SSSR count). The Bertz CT molecular complexity index is 992. The van der Waals surface area contributed by atoms with Gasteiger partial charge in [-0.1, -0.05) is 12.1 Å². The highest BCUT2D eigenvalue weighted by Crippen LogP contribution is 2.32. The van der Waals surface area contributed by atoms with E-state index in [0.29, 0.717) is 22.6 Å². The number of nitro groups is 1. The van der Waals surface area contributed by atoms with Crippen molar-refractivity contribution in [2.45, 2.75) is 6.92 Å². The zero-order chi connectivity index (χ0) is 18.1. The molecular weight excluding hydrogens is 322 g/mol. The maximum atomic E-state index is 12.4. The molecule has 0 N–H and O–H groups in total. The lowest BCUT2D eigenvalue weighted by atomic mass is 10.0. The van der Waals surface area contributed by atoms with Crippen LogP contribution in [0.5, 0.6) is 0 Å². The van der Waals surface area contributed by atoms with E-state index in [1.807, 2.05) is 0 Å². The summed E-state index contributed by atoms with van der Waals surface area (Å²) in [7, 11) is 1.59. The van der Waals surface area contributed by atoms with Crippen molar-refractivity contribution in [3.8, 4) is 16.8 Å². The van der Waals surface area contributed by atoms with Crippen LogP contribution in [0.15, 0.2) is 59.5 Å². The Hall–Kier alpha value is -3.48. The molecule has 0 saturated carbocycles. The first kappa shape index (κ1) is 16.4. The van der Waals surface area contributed by atoms with Gasteiger partial charge in [-0.15, -0.1) is 0 Å². The summed E-state index contributed by atoms with van der Waals surface area (Å²) in [5.41, 5.74) is 1.52. The Labute approximate surface area is 143 Å². The van der Waals surface area contributed by atoms with E-state index in [1.54, 1.807) is 48.1 Å². The monoisotopic (exact) mass is 337 g/mol. The van der Waals surface area contributed by atoms with Crippen LogP contribution < -0.4 is 10.3 Å². The minimum Gasteiger partial charge on any atom is -0.303 e. The van der Waals surface area contributed by atoms with Crippen LogP contribution in [0.4, 0.5) is 11.5 Å². The fraction of sp³-hybridized carbons (Fsp3) is 0.111. The van der Waals surface area contributed by atoms with Crippen LogP contribution in [0.1, 0.15) is 6.92 Å². The van der Waals surface area contributed by atoms with Gasteiger partial charge in [0.25, 0.3) is 5.69 Å². The molecule has 0 atom stereocenters. The largest absolute Gasteiger partial charge is 0.303 e. The molecule has 0 fully saturated rings. The molecule has 7 heteroatoms. The second kappa shape index (κ2) is 6.20. The van der Waals surface area contributed by atoms with Gasteiger partial charge in [0.15, 0.2) is 5.43 Å². The van der Waals surface area contributed by atoms with Crippen LogP contribution in [0.25, 0.3) is 16.8 Å². The minimum atomic E-state index is -0.479. The van der Waals surface area contributed by atoms with E-state index in [9.17, 15) is 19.7 Å². The van der Waals surface area contributed by atoms with Crippen molar-refractivity contribution in [2.75, 3.05) is 11.9 Å². The summed E-state index contributed by atoms with van der Waals surface area (Å²) in [6, 6.07) is 12.6. The first-order valence-electron chi connectivity index (χ1n) is 7.53. The summed E-state index contributed by atoms with van der Waals surface area (Å²) in [6.45, 7) is 1.41. The summed E-state index contributed by atoms with van der Waals surface area (Å²) < 4.78 is 1.68. The highest BCUT2D eigenvalue weighted by atomic mass is 16.6. The lowest BCUT2D eigenvalue weighted by Gasteiger charge is -2.25. The topological polar surface area (TPSA) is 85.5 Å². The first-order chi connectivity index (χ1) is 11.9. The number of aromatic nitrogens is 1. The lowest BCUT2D eigenvalue weighted by Crippen LogP contribution is -2.29. The molecule has 1 aliphatic carbocycles. The van der Waals surface area contributed by atoms with Gasteiger partial charge in [0.2, 0.25) is 5.91 Å². The minimum absolute atomic E-state index is 0.0314. The number of non-ortho nitro benzene ring substituents is 1. The Morgan fingerprint density at radius 3 is 2.40 bits per heavy atom. The molecule has 1 aromatic carbocycles. The molecule has 1 heterocycles. The zero-order valence-corrected chi connectivity index (χ0v) is 13.7. The molecule has 1 aromatic rings. The lowest BCUT2D eigenvalue weighted by molar-refractivity contribution is -0.384. The standard InChI is InChI=1S/C18H15N3O4/c1-12(22)19(2)18-17-13(4-3-5-16(17)23)10-11-20(18)14-6-8-15(9-7-14)21(24)25/h3-11H,1-2H3. The zero-order valence-electron chi connectivity index (χ0n) is 13.7. The van der Waals surface area contributed by atoms with Crippen molar-refractivity contribution in [3.05, 3.63) is 75.1 Å². The van der Waals surface area contributed by atoms with E-state index in [1.165, 1.54) is 30.0 Å². The predicted octanol–water partition coefficient (Wildman–Crippen LogP) is 2.83. The molecule has 0 aromatic heterocycles. The molecule has 126 valence electrons. The van der Waals surface area contributed by atoms with E-state index >= 15 is 0 Å². The van der Waals surface area contributed by atoms with E-state index in [0.717, 1.165) is 0 Å². The number of hydrogen-bond acceptors (Lipinski definition) is 4. The maximum Gasteiger partial charge on any atom is 0.269 e. The van der Waals surface area contributed by atoms with Gasteiger partial charge in [-0.05, 0) is 29.8 Å². The SMILES string of the molecule is CC(=O)N(C)c1c2c(=O)cccc-2ccn1-c1ccc([N+](=O)[O-])cc1. The molecule has 0 saturated heterocycles. The molecule has 1 amide bonds. The summed E-state index contributed by atoms with van der Waals surface area (Å²) in [5, 5.41) is 10.8. The summed E-state index contributed by atoms with van der Waals surface area (Å²) in [4.78, 5) is 36.1. The third kappa shape index (κ3) is 2.87. The first-order valence-corrected chi connectivity index (χ1v) is 7.53. The summed E-state index contributed by atoms with van der Waals surface area (Å²) >= 11 is 0. The quantitative estimate of drug-likeness (QED) is 0.543. The van der Waals surface area contributed by atoms with Gasteiger partial charge in [0.05, 0.1) is 10.5 Å². The number of hydrogen-bond donors (Lipinski definition) is 0. The number of rotatable bonds is 3. The normalized spacial score (nSPS) is 10.6. The molecule has 0 spiro atoms. The van der Waals surface area contributed by atoms with Crippen LogP contribution in [-0.2, 0) is 4.79 Å². The number of carbonyl (C=O) groups excluding carboxylic acids is 1. The number of anilines is 1. The second-order valence-electron chi connectivity index (χ2n) is 5.58. The van der Waals surface area contributed by atoms with Gasteiger partial charge in [-0.25, -0.2) is 0 Å². The van der Waals surface area contributed by atoms with Crippen molar-refractivity contribution >= 4 is 17.4 Å². The number of fused-ring (bicyclic) bond motifs is 1. The van der Waals surface area contributed by atoms with Gasteiger partial charge in [-0.3, -0.25) is 19.7 Å². The molecule has 25 heavy (non-hydrogen) atoms. The van der Waals surface area contributed by atoms with Crippen molar-refractivity contribution in [3.63, 3.8) is 0 Å². The van der Waals surface area contributed by atoms with Crippen LogP contribution in [-0.4, -0.2) is 22.4 Å². The van der Waals surface area contributed by atoms with E-state index in [2.05, 4.69) is 0 Å². The van der Waals surface area contributed by atoms with Gasteiger partial charge >= 0.3 is 0 Å². The average molecular weight is 337 g/mol. The average Bonchev–Trinajstić information content (AvgIpc) is 2.60. The molecular formula is C18H15N3O4. The van der Waals surface area contributed by atoms with Crippen molar-refractivity contribution in [1.82, 2.24) is 4.57 Å². The van der Waals surface area contributed by atoms with E-state index < -0.39 is 4.92 Å². The Morgan fingerprint density at radius 2 is 1.80 bits per heavy atom. The van der Waals surface area contributed by atoms with E-state index in [4.69, 9.17) is 0 Å². The summed E-state index contributed by atoms with van der Waals surface area (Å²) in [5.74, 6) is 0.191. The predicted molar refractivity (Wildman–Crippen MR) is 94.4 cm³/mol. The van der Waals surface area contributed by atoms with Crippen LogP contribution in [0.2, 0.25) is 0 Å². The molecule has 7 nitrogen and oxygen atoms in total. The molecule has 0 radical (unpaired) electrons. The van der Waals surface area contributed by atoms with Crippen LogP contribution in [0, 0.1) is 10.1 Å². The van der Waals surface area contributed by atoms with Gasteiger partial charge in [0.1, 0.15) is 5.82 Å². The Balaban J connectivity index is 2.31. The van der Waals surface area contributed by atoms with Crippen LogP contribution >= 0.6 is 0 Å². The van der Waals surface area contributed by atoms with Gasteiger partial charge in [0, 0.05) is 38.0 Å². The number of nitrogens with zero attached hydrogens (tertiary/aromatic N) is 3. The number of pyridine rings is 1. The summed E-state index contributed by atoms with van der Waals surface area (Å²) in [6.07, 6.45) is 1.73. The fourth-order valence-electron chi connectivity index (χ4n) is 2.69. The smallest absolute Gasteiger partial charge is 0.269 e. The molecule has 2 aliphatic rings. The fourth-order valence-corrected chi connectivity index (χ4v) is 2.69. The van der Waals surface area contributed by atoms with Gasteiger partial charge < -0.3 is 9.47 Å². The molecule has 0 bridgehead atoms. The number of amides is 1. The van der Waals surface area contributed by atoms with Crippen molar-refractivity contribution in [1.29, 1.82) is 0 Å². The second-order valence-corrected chi connectivity index (χ2v) is 5.58. The van der Waals surface area contributed by atoms with Gasteiger partial charge in [-0.2, -0.15) is 0 Å². The highest BCUT2D eigenvalue weighted by Gasteiger charge is 2.21. The Kier molecular flexibility index (Phi) is 4.06. The Morgan fingerprint density at radius 1 is 1.12 bits per heavy atom. The number of benzene rings is 2. The number of nitro benzene ring substituents is 1. The highest BCUT2D eigenvalue weighted by molar-refractivity contribution is 5.95. The molecule has 0 unspecified atom stereocenters. The third-order valence-electron chi connectivity index (χ3n) is 4.04. The van der Waals surface area contributed by atoms with Crippen molar-refractivity contribution < 1.29 is 9.72 Å². The maximum absolute atomic E-state index is 12.4. The molecule has 1 aliphatic heterocycles. The third-order valence-corrected chi connectivity index (χ3v) is 4.04.